The molecule has 0 N–H and O–H groups in total. The Hall–Kier alpha value is -2.55. The second-order valence-corrected chi connectivity index (χ2v) is 5.53. The molecule has 3 rings (SSSR count). The van der Waals surface area contributed by atoms with Crippen LogP contribution in [0.3, 0.4) is 0 Å². The van der Waals surface area contributed by atoms with Crippen molar-refractivity contribution in [3.05, 3.63) is 90.8 Å². The summed E-state index contributed by atoms with van der Waals surface area (Å²) in [6, 6.07) is 21.2. The fourth-order valence-corrected chi connectivity index (χ4v) is 2.81. The zero-order chi connectivity index (χ0) is 15.4. The zero-order valence-corrected chi connectivity index (χ0v) is 12.8. The highest BCUT2D eigenvalue weighted by Gasteiger charge is 2.19. The molecule has 0 radical (unpaired) electrons. The summed E-state index contributed by atoms with van der Waals surface area (Å²) < 4.78 is 2.07. The van der Waals surface area contributed by atoms with Crippen LogP contribution in [0.5, 0.6) is 0 Å². The molecule has 0 aliphatic heterocycles. The Balaban J connectivity index is 1.99. The Morgan fingerprint density at radius 3 is 2.05 bits per heavy atom. The maximum Gasteiger partial charge on any atom is 0.217 e. The average molecular weight is 286 g/mol. The monoisotopic (exact) mass is 286 g/mol. The molecule has 0 atom stereocenters. The first-order valence-corrected chi connectivity index (χ1v) is 7.53. The third kappa shape index (κ3) is 3.04. The van der Waals surface area contributed by atoms with E-state index in [1.165, 1.54) is 11.1 Å². The smallest absolute Gasteiger partial charge is 0.217 e. The SMILES string of the molecule is C=C(C)n1ccnc1BC(c1ccccc1)c1ccccc1. The van der Waals surface area contributed by atoms with Gasteiger partial charge in [0.15, 0.2) is 0 Å². The first-order chi connectivity index (χ1) is 10.8. The van der Waals surface area contributed by atoms with Crippen LogP contribution >= 0.6 is 0 Å². The van der Waals surface area contributed by atoms with Crippen LogP contribution in [0.25, 0.3) is 5.70 Å². The number of benzene rings is 2. The molecule has 0 saturated heterocycles. The van der Waals surface area contributed by atoms with Gasteiger partial charge in [-0.25, -0.2) is 0 Å². The molecule has 0 aliphatic carbocycles. The first-order valence-electron chi connectivity index (χ1n) is 7.53. The number of nitrogens with zero attached hydrogens (tertiary/aromatic N) is 2. The minimum atomic E-state index is 0.294. The van der Waals surface area contributed by atoms with E-state index < -0.39 is 0 Å². The van der Waals surface area contributed by atoms with E-state index in [0.29, 0.717) is 5.82 Å². The van der Waals surface area contributed by atoms with E-state index in [2.05, 4.69) is 76.8 Å². The largest absolute Gasteiger partial charge is 0.317 e. The van der Waals surface area contributed by atoms with Gasteiger partial charge in [0, 0.05) is 18.1 Å². The molecule has 1 aromatic heterocycles. The minimum absolute atomic E-state index is 0.294. The molecule has 3 heteroatoms. The molecule has 1 heterocycles. The quantitative estimate of drug-likeness (QED) is 0.658. The van der Waals surface area contributed by atoms with E-state index in [4.69, 9.17) is 0 Å². The van der Waals surface area contributed by atoms with Crippen molar-refractivity contribution in [2.75, 3.05) is 0 Å². The maximum absolute atomic E-state index is 4.53. The van der Waals surface area contributed by atoms with Gasteiger partial charge in [0.25, 0.3) is 0 Å². The van der Waals surface area contributed by atoms with E-state index in [1.54, 1.807) is 0 Å². The van der Waals surface area contributed by atoms with Gasteiger partial charge >= 0.3 is 0 Å². The van der Waals surface area contributed by atoms with Crippen LogP contribution in [0.1, 0.15) is 23.9 Å². The third-order valence-corrected chi connectivity index (χ3v) is 3.92. The summed E-state index contributed by atoms with van der Waals surface area (Å²) in [5.41, 5.74) is 4.66. The highest BCUT2D eigenvalue weighted by Crippen LogP contribution is 2.23. The van der Waals surface area contributed by atoms with Crippen molar-refractivity contribution in [2.24, 2.45) is 0 Å². The first kappa shape index (κ1) is 14.4. The number of aromatic nitrogens is 2. The van der Waals surface area contributed by atoms with Gasteiger partial charge in [0.2, 0.25) is 7.28 Å². The molecule has 2 aromatic carbocycles. The molecule has 0 saturated carbocycles. The van der Waals surface area contributed by atoms with Crippen LogP contribution in [-0.4, -0.2) is 16.8 Å². The van der Waals surface area contributed by atoms with E-state index in [1.807, 2.05) is 19.3 Å². The lowest BCUT2D eigenvalue weighted by atomic mass is 9.58. The van der Waals surface area contributed by atoms with Gasteiger partial charge < -0.3 is 4.57 Å². The lowest BCUT2D eigenvalue weighted by Crippen LogP contribution is -2.30. The predicted molar refractivity (Wildman–Crippen MR) is 94.7 cm³/mol. The number of hydrogen-bond acceptors (Lipinski definition) is 1. The summed E-state index contributed by atoms with van der Waals surface area (Å²) in [7, 11) is 0.855. The second kappa shape index (κ2) is 6.48. The third-order valence-electron chi connectivity index (χ3n) is 3.92. The van der Waals surface area contributed by atoms with E-state index in [-0.39, 0.29) is 0 Å². The Morgan fingerprint density at radius 2 is 1.55 bits per heavy atom. The van der Waals surface area contributed by atoms with Crippen molar-refractivity contribution in [3.63, 3.8) is 0 Å². The zero-order valence-electron chi connectivity index (χ0n) is 12.8. The molecular weight excluding hydrogens is 267 g/mol. The Morgan fingerprint density at radius 1 is 1.00 bits per heavy atom. The lowest BCUT2D eigenvalue weighted by molar-refractivity contribution is 1.09. The summed E-state index contributed by atoms with van der Waals surface area (Å²) >= 11 is 0. The number of rotatable bonds is 5. The molecule has 0 unspecified atom stereocenters. The molecule has 3 aromatic rings. The van der Waals surface area contributed by atoms with Gasteiger partial charge in [0.05, 0.1) is 5.72 Å². The van der Waals surface area contributed by atoms with Crippen LogP contribution in [0.4, 0.5) is 0 Å². The summed E-state index contributed by atoms with van der Waals surface area (Å²) in [6.45, 7) is 6.04. The standard InChI is InChI=1S/C19H19BN2/c1-15(2)22-14-13-21-19(22)20-18(16-9-5-3-6-10-16)17-11-7-4-8-12-17/h3-14,18,20H,1H2,2H3. The van der Waals surface area contributed by atoms with E-state index in [0.717, 1.165) is 18.7 Å². The Bertz CT molecular complexity index is 708. The normalized spacial score (nSPS) is 10.6. The van der Waals surface area contributed by atoms with Gasteiger partial charge in [0.1, 0.15) is 0 Å². The molecule has 22 heavy (non-hydrogen) atoms. The topological polar surface area (TPSA) is 17.8 Å². The average Bonchev–Trinajstić information content (AvgIpc) is 3.03. The molecular formula is C19H19BN2. The van der Waals surface area contributed by atoms with Gasteiger partial charge in [-0.15, -0.1) is 0 Å². The number of hydrogen-bond donors (Lipinski definition) is 0. The van der Waals surface area contributed by atoms with Crippen molar-refractivity contribution >= 4 is 18.7 Å². The summed E-state index contributed by atoms with van der Waals surface area (Å²) in [6.07, 6.45) is 3.82. The van der Waals surface area contributed by atoms with Crippen molar-refractivity contribution in [2.45, 2.75) is 12.7 Å². The molecule has 2 nitrogen and oxygen atoms in total. The van der Waals surface area contributed by atoms with Gasteiger partial charge in [-0.3, -0.25) is 4.98 Å². The van der Waals surface area contributed by atoms with Gasteiger partial charge in [-0.05, 0) is 23.9 Å². The van der Waals surface area contributed by atoms with Gasteiger partial charge in [-0.2, -0.15) is 0 Å². The van der Waals surface area contributed by atoms with Gasteiger partial charge in [-0.1, -0.05) is 67.2 Å². The van der Waals surface area contributed by atoms with Crippen LogP contribution in [0, 0.1) is 0 Å². The fraction of sp³-hybridized carbons (Fsp3) is 0.105. The molecule has 0 bridgehead atoms. The van der Waals surface area contributed by atoms with Crippen LogP contribution in [-0.2, 0) is 0 Å². The van der Waals surface area contributed by atoms with E-state index in [9.17, 15) is 0 Å². The fourth-order valence-electron chi connectivity index (χ4n) is 2.81. The molecule has 0 spiro atoms. The maximum atomic E-state index is 4.53. The molecule has 0 amide bonds. The van der Waals surface area contributed by atoms with E-state index >= 15 is 0 Å². The van der Waals surface area contributed by atoms with Crippen molar-refractivity contribution in [1.82, 2.24) is 9.55 Å². The summed E-state index contributed by atoms with van der Waals surface area (Å²) in [4.78, 5) is 4.53. The molecule has 0 fully saturated rings. The summed E-state index contributed by atoms with van der Waals surface area (Å²) in [5, 5.41) is 0. The van der Waals surface area contributed by atoms with Crippen LogP contribution in [0.15, 0.2) is 79.6 Å². The lowest BCUT2D eigenvalue weighted by Gasteiger charge is -2.17. The van der Waals surface area contributed by atoms with Crippen LogP contribution in [0.2, 0.25) is 0 Å². The number of allylic oxidation sites excluding steroid dienone is 1. The van der Waals surface area contributed by atoms with Crippen LogP contribution < -0.4 is 5.72 Å². The van der Waals surface area contributed by atoms with Crippen molar-refractivity contribution < 1.29 is 0 Å². The highest BCUT2D eigenvalue weighted by atomic mass is 15.0. The molecule has 108 valence electrons. The van der Waals surface area contributed by atoms with Crippen molar-refractivity contribution in [1.29, 1.82) is 0 Å². The number of imidazole rings is 1. The second-order valence-electron chi connectivity index (χ2n) is 5.53. The highest BCUT2D eigenvalue weighted by molar-refractivity contribution is 6.54. The Kier molecular flexibility index (Phi) is 4.24. The van der Waals surface area contributed by atoms with Crippen molar-refractivity contribution in [3.8, 4) is 0 Å². The Labute approximate surface area is 132 Å². The molecule has 0 aliphatic rings. The minimum Gasteiger partial charge on any atom is -0.317 e. The predicted octanol–water partition coefficient (Wildman–Crippen LogP) is 3.23. The summed E-state index contributed by atoms with van der Waals surface area (Å²) in [5.74, 6) is 0.294.